The van der Waals surface area contributed by atoms with E-state index in [9.17, 15) is 0 Å². The van der Waals surface area contributed by atoms with Crippen molar-refractivity contribution < 1.29 is 21.0 Å². The van der Waals surface area contributed by atoms with Crippen molar-refractivity contribution >= 4 is 36.5 Å². The van der Waals surface area contributed by atoms with Gasteiger partial charge >= 0.3 is 35.0 Å². The zero-order valence-corrected chi connectivity index (χ0v) is 15.7. The number of thioether (sulfide) groups is 1. The number of nitrogens with zero attached hydrogens (tertiary/aromatic N) is 1. The third-order valence-electron chi connectivity index (χ3n) is 3.10. The minimum atomic E-state index is -0.106. The molecule has 21 heavy (non-hydrogen) atoms. The molecule has 0 bridgehead atoms. The van der Waals surface area contributed by atoms with Crippen LogP contribution in [0.5, 0.6) is 0 Å². The fourth-order valence-electron chi connectivity index (χ4n) is 1.96. The van der Waals surface area contributed by atoms with E-state index in [1.807, 2.05) is 25.1 Å². The van der Waals surface area contributed by atoms with Gasteiger partial charge in [0.15, 0.2) is 0 Å². The molecule has 1 aliphatic heterocycles. The number of aryl methyl sites for hydroxylation is 1. The van der Waals surface area contributed by atoms with E-state index in [0.717, 1.165) is 17.7 Å². The number of nitrogens with one attached hydrogen (secondary N) is 1. The molecule has 1 aliphatic rings. The van der Waals surface area contributed by atoms with E-state index in [1.165, 1.54) is 10.6 Å². The normalized spacial score (nSPS) is 14.4. The van der Waals surface area contributed by atoms with Crippen molar-refractivity contribution in [3.63, 3.8) is 0 Å². The van der Waals surface area contributed by atoms with Crippen LogP contribution < -0.4 is 0 Å². The molecule has 3 nitrogen and oxygen atoms in total. The van der Waals surface area contributed by atoms with E-state index in [2.05, 4.69) is 17.7 Å². The van der Waals surface area contributed by atoms with Gasteiger partial charge in [0.05, 0.1) is 0 Å². The molecule has 0 amide bonds. The summed E-state index contributed by atoms with van der Waals surface area (Å²) in [6, 6.07) is 5.96. The molecule has 0 saturated heterocycles. The van der Waals surface area contributed by atoms with Crippen molar-refractivity contribution in [3.8, 4) is 0 Å². The Morgan fingerprint density at radius 2 is 2.05 bits per heavy atom. The summed E-state index contributed by atoms with van der Waals surface area (Å²) < 4.78 is 0. The van der Waals surface area contributed by atoms with Gasteiger partial charge in [-0.3, -0.25) is 11.8 Å². The van der Waals surface area contributed by atoms with Crippen molar-refractivity contribution in [2.24, 2.45) is 0 Å². The molecule has 2 N–H and O–H groups in total. The van der Waals surface area contributed by atoms with Gasteiger partial charge in [-0.1, -0.05) is 23.8 Å². The van der Waals surface area contributed by atoms with Gasteiger partial charge in [0.1, 0.15) is 0 Å². The van der Waals surface area contributed by atoms with E-state index in [-0.39, 0.29) is 22.5 Å². The Kier molecular flexibility index (Phi) is 9.12. The molecule has 0 aromatic heterocycles. The molecule has 0 spiro atoms. The van der Waals surface area contributed by atoms with Crippen LogP contribution in [0.3, 0.4) is 0 Å². The van der Waals surface area contributed by atoms with Crippen molar-refractivity contribution in [3.05, 3.63) is 51.5 Å². The Morgan fingerprint density at radius 3 is 2.62 bits per heavy atom. The number of aliphatic hydroxyl groups excluding tert-OH is 1. The van der Waals surface area contributed by atoms with Gasteiger partial charge in [0, 0.05) is 19.6 Å². The number of hydrogen-bond donors (Lipinski definition) is 1. The SMILES string of the molecule is CC1=C(CCO)S[CH-]N1Cc1ccc(C)cc1[NH-].[Cl][Pd][Cl]. The quantitative estimate of drug-likeness (QED) is 0.509. The summed E-state index contributed by atoms with van der Waals surface area (Å²) in [7, 11) is 9.63. The summed E-state index contributed by atoms with van der Waals surface area (Å²) in [5.41, 5.74) is 11.9. The van der Waals surface area contributed by atoms with Crippen LogP contribution in [0.2, 0.25) is 0 Å². The molecule has 7 heteroatoms. The zero-order valence-electron chi connectivity index (χ0n) is 11.8. The molecule has 0 unspecified atom stereocenters. The van der Waals surface area contributed by atoms with Gasteiger partial charge in [-0.25, -0.2) is 0 Å². The number of allylic oxidation sites excluding steroid dienone is 1. The standard InChI is InChI=1S/C14H18N2OS.2ClH.Pd/c1-10-3-4-12(13(15)7-10)8-16-9-18-14(5-6-17)11(16)2;;;/h3-4,7,9,15,17H,5-6,8H2,1-2H3;2*1H;/q-2;;;+2/p-2. The van der Waals surface area contributed by atoms with Crippen LogP contribution >= 0.6 is 30.8 Å². The van der Waals surface area contributed by atoms with Gasteiger partial charge in [0.2, 0.25) is 0 Å². The molecule has 0 radical (unpaired) electrons. The zero-order chi connectivity index (χ0) is 15.8. The summed E-state index contributed by atoms with van der Waals surface area (Å²) in [6.45, 7) is 4.99. The Morgan fingerprint density at radius 1 is 1.38 bits per heavy atom. The summed E-state index contributed by atoms with van der Waals surface area (Å²) in [5, 5.41) is 8.99. The van der Waals surface area contributed by atoms with Gasteiger partial charge < -0.3 is 15.7 Å². The first-order valence-corrected chi connectivity index (χ1v) is 11.1. The van der Waals surface area contributed by atoms with E-state index in [4.69, 9.17) is 29.9 Å². The van der Waals surface area contributed by atoms with E-state index >= 15 is 0 Å². The third kappa shape index (κ3) is 6.02. The number of hydrogen-bond acceptors (Lipinski definition) is 3. The Bertz CT molecular complexity index is 500. The van der Waals surface area contributed by atoms with E-state index < -0.39 is 0 Å². The maximum absolute atomic E-state index is 8.99. The first-order valence-electron chi connectivity index (χ1n) is 6.24. The van der Waals surface area contributed by atoms with Crippen LogP contribution in [-0.4, -0.2) is 16.6 Å². The molecule has 0 atom stereocenters. The Hall–Kier alpha value is 0.112. The molecule has 1 aromatic carbocycles. The van der Waals surface area contributed by atoms with Crippen molar-refractivity contribution in [1.82, 2.24) is 4.90 Å². The molecule has 1 aromatic rings. The van der Waals surface area contributed by atoms with Crippen LogP contribution in [0, 0.1) is 12.8 Å². The van der Waals surface area contributed by atoms with Crippen LogP contribution in [0.1, 0.15) is 24.5 Å². The monoisotopic (exact) mass is 438 g/mol. The Labute approximate surface area is 147 Å². The van der Waals surface area contributed by atoms with E-state index in [0.29, 0.717) is 12.1 Å². The van der Waals surface area contributed by atoms with Crippen molar-refractivity contribution in [2.75, 3.05) is 6.61 Å². The number of rotatable bonds is 4. The fraction of sp³-hybridized carbons (Fsp3) is 0.357. The number of aliphatic hydroxyl groups is 1. The van der Waals surface area contributed by atoms with Gasteiger partial charge in [-0.05, 0) is 30.0 Å². The molecule has 0 aliphatic carbocycles. The Balaban J connectivity index is 0.000000677. The minimum absolute atomic E-state index is 0.106. The summed E-state index contributed by atoms with van der Waals surface area (Å²) in [6.07, 6.45) is 0.713. The van der Waals surface area contributed by atoms with Gasteiger partial charge in [-0.2, -0.15) is 5.88 Å². The second-order valence-electron chi connectivity index (χ2n) is 4.54. The maximum atomic E-state index is 8.99. The predicted octanol–water partition coefficient (Wildman–Crippen LogP) is 5.34. The van der Waals surface area contributed by atoms with Crippen LogP contribution in [0.4, 0.5) is 5.69 Å². The molecule has 0 fully saturated rings. The average Bonchev–Trinajstić information content (AvgIpc) is 2.76. The van der Waals surface area contributed by atoms with Crippen LogP contribution in [-0.2, 0) is 22.5 Å². The van der Waals surface area contributed by atoms with E-state index in [1.54, 1.807) is 11.8 Å². The summed E-state index contributed by atoms with van der Waals surface area (Å²) in [4.78, 5) is 3.37. The summed E-state index contributed by atoms with van der Waals surface area (Å²) in [5.74, 6) is 2.07. The summed E-state index contributed by atoms with van der Waals surface area (Å²) >= 11 is 1.57. The number of halogens is 2. The third-order valence-corrected chi connectivity index (χ3v) is 4.25. The number of benzene rings is 1. The molecular formula is C14H18Cl2N2OPdS-2. The van der Waals surface area contributed by atoms with Crippen molar-refractivity contribution in [1.29, 1.82) is 0 Å². The topological polar surface area (TPSA) is 47.3 Å². The second-order valence-corrected chi connectivity index (χ2v) is 7.84. The molecule has 122 valence electrons. The first-order chi connectivity index (χ1) is 10.0. The van der Waals surface area contributed by atoms with Gasteiger partial charge in [0.25, 0.3) is 0 Å². The molecule has 2 rings (SSSR count). The molecular weight excluding hydrogens is 422 g/mol. The van der Waals surface area contributed by atoms with Gasteiger partial charge in [-0.15, -0.1) is 5.69 Å². The van der Waals surface area contributed by atoms with Crippen LogP contribution in [0.15, 0.2) is 28.8 Å². The van der Waals surface area contributed by atoms with Crippen molar-refractivity contribution in [2.45, 2.75) is 26.8 Å². The molecule has 1 heterocycles. The van der Waals surface area contributed by atoms with Crippen LogP contribution in [0.25, 0.3) is 5.73 Å². The average molecular weight is 440 g/mol. The second kappa shape index (κ2) is 9.99. The first kappa shape index (κ1) is 19.2. The molecule has 0 saturated carbocycles. The predicted molar refractivity (Wildman–Crippen MR) is 88.7 cm³/mol. The fourth-order valence-corrected chi connectivity index (χ4v) is 2.94.